The van der Waals surface area contributed by atoms with E-state index in [2.05, 4.69) is 20.7 Å². The molecule has 1 aromatic rings. The number of urea groups is 1. The lowest BCUT2D eigenvalue weighted by Gasteiger charge is -2.38. The number of hydrogen-bond acceptors (Lipinski definition) is 6. The van der Waals surface area contributed by atoms with Gasteiger partial charge in [-0.25, -0.2) is 14.0 Å². The first-order valence-corrected chi connectivity index (χ1v) is 13.0. The molecule has 1 aliphatic heterocycles. The van der Waals surface area contributed by atoms with Crippen LogP contribution in [0.25, 0.3) is 0 Å². The fourth-order valence-corrected chi connectivity index (χ4v) is 5.40. The number of piperidine rings is 1. The molecule has 1 aromatic carbocycles. The third-order valence-corrected chi connectivity index (χ3v) is 7.23. The quantitative estimate of drug-likeness (QED) is 0.342. The largest absolute Gasteiger partial charge is 0.453 e. The highest BCUT2D eigenvalue weighted by Gasteiger charge is 2.34. The Balaban J connectivity index is 1.65. The van der Waals surface area contributed by atoms with Crippen molar-refractivity contribution in [1.82, 2.24) is 20.9 Å². The van der Waals surface area contributed by atoms with Gasteiger partial charge in [0.15, 0.2) is 0 Å². The normalized spacial score (nSPS) is 21.0. The molecule has 4 atom stereocenters. The average Bonchev–Trinajstić information content (AvgIpc) is 3.43. The summed E-state index contributed by atoms with van der Waals surface area (Å²) in [6, 6.07) is 5.73. The van der Waals surface area contributed by atoms with Gasteiger partial charge in [0, 0.05) is 32.1 Å². The lowest BCUT2D eigenvalue weighted by molar-refractivity contribution is -0.00936. The number of aliphatic hydroxyl groups excluding tert-OH is 1. The van der Waals surface area contributed by atoms with Crippen molar-refractivity contribution in [1.29, 1.82) is 0 Å². The van der Waals surface area contributed by atoms with E-state index in [4.69, 9.17) is 4.74 Å². The molecule has 2 fully saturated rings. The van der Waals surface area contributed by atoms with E-state index in [9.17, 15) is 19.1 Å². The Labute approximate surface area is 213 Å². The fraction of sp³-hybridized carbons (Fsp3) is 0.692. The molecule has 1 saturated carbocycles. The van der Waals surface area contributed by atoms with E-state index in [0.717, 1.165) is 38.5 Å². The SMILES string of the molecule is CNC[C@@H](NC(=O)N1CCC[C@@H]([C@@H](OCCNC(=O)OC)c2cccc(F)c2)C1)[C@@H](O)C1CCCC1. The molecule has 1 saturated heterocycles. The standard InChI is InChI=1S/C26H41FN4O5/c1-28-16-22(23(32)18-7-3-4-8-18)30-25(33)31-13-6-10-20(17-31)24(19-9-5-11-21(27)15-19)36-14-12-29-26(34)35-2/h5,9,11,15,18,20,22-24,28,32H,3-4,6-8,10,12-14,16-17H2,1-2H3,(H,29,34)(H,30,33)/t20-,22-,23+,24+/m1/s1. The van der Waals surface area contributed by atoms with Crippen LogP contribution < -0.4 is 16.0 Å². The topological polar surface area (TPSA) is 112 Å². The van der Waals surface area contributed by atoms with Crippen LogP contribution >= 0.6 is 0 Å². The zero-order valence-electron chi connectivity index (χ0n) is 21.4. The van der Waals surface area contributed by atoms with Crippen molar-refractivity contribution < 1.29 is 28.6 Å². The number of rotatable bonds is 11. The summed E-state index contributed by atoms with van der Waals surface area (Å²) in [6.07, 6.45) is 4.25. The molecule has 2 aliphatic rings. The summed E-state index contributed by atoms with van der Waals surface area (Å²) in [5, 5.41) is 19.6. The van der Waals surface area contributed by atoms with Crippen LogP contribution in [0.2, 0.25) is 0 Å². The van der Waals surface area contributed by atoms with E-state index < -0.39 is 18.3 Å². The number of benzene rings is 1. The van der Waals surface area contributed by atoms with Crippen LogP contribution in [0, 0.1) is 17.7 Å². The van der Waals surface area contributed by atoms with Gasteiger partial charge in [0.25, 0.3) is 0 Å². The van der Waals surface area contributed by atoms with Crippen LogP contribution in [-0.4, -0.2) is 81.2 Å². The van der Waals surface area contributed by atoms with E-state index in [1.54, 1.807) is 11.0 Å². The Morgan fingerprint density at radius 1 is 1.19 bits per heavy atom. The lowest BCUT2D eigenvalue weighted by Crippen LogP contribution is -2.56. The zero-order valence-corrected chi connectivity index (χ0v) is 21.4. The number of aliphatic hydroxyl groups is 1. The summed E-state index contributed by atoms with van der Waals surface area (Å²) in [6.45, 7) is 2.01. The van der Waals surface area contributed by atoms with Gasteiger partial charge >= 0.3 is 12.1 Å². The van der Waals surface area contributed by atoms with Crippen molar-refractivity contribution in [3.8, 4) is 0 Å². The molecule has 1 heterocycles. The summed E-state index contributed by atoms with van der Waals surface area (Å²) in [5.74, 6) is -0.191. The Morgan fingerprint density at radius 3 is 2.64 bits per heavy atom. The number of likely N-dealkylation sites (N-methyl/N-ethyl adjacent to an activating group) is 1. The molecule has 10 heteroatoms. The molecule has 0 bridgehead atoms. The molecular formula is C26H41FN4O5. The van der Waals surface area contributed by atoms with Gasteiger partial charge in [0.1, 0.15) is 5.82 Å². The first-order chi connectivity index (χ1) is 17.4. The number of likely N-dealkylation sites (tertiary alicyclic amines) is 1. The smallest absolute Gasteiger partial charge is 0.406 e. The van der Waals surface area contributed by atoms with Gasteiger partial charge in [-0.3, -0.25) is 0 Å². The molecule has 202 valence electrons. The minimum absolute atomic E-state index is 0.0491. The van der Waals surface area contributed by atoms with Crippen molar-refractivity contribution in [2.24, 2.45) is 11.8 Å². The van der Waals surface area contributed by atoms with Crippen LogP contribution in [0.5, 0.6) is 0 Å². The third kappa shape index (κ3) is 8.04. The summed E-state index contributed by atoms with van der Waals surface area (Å²) in [4.78, 5) is 26.4. The highest BCUT2D eigenvalue weighted by molar-refractivity contribution is 5.74. The molecule has 0 aromatic heterocycles. The third-order valence-electron chi connectivity index (χ3n) is 7.23. The minimum atomic E-state index is -0.588. The fourth-order valence-electron chi connectivity index (χ4n) is 5.40. The summed E-state index contributed by atoms with van der Waals surface area (Å²) < 4.78 is 24.7. The Bertz CT molecular complexity index is 838. The average molecular weight is 509 g/mol. The van der Waals surface area contributed by atoms with Gasteiger partial charge in [-0.05, 0) is 56.3 Å². The molecule has 0 spiro atoms. The van der Waals surface area contributed by atoms with Crippen LogP contribution in [0.3, 0.4) is 0 Å². The number of halogens is 1. The van der Waals surface area contributed by atoms with E-state index in [1.807, 2.05) is 13.1 Å². The van der Waals surface area contributed by atoms with Crippen LogP contribution in [0.15, 0.2) is 24.3 Å². The molecular weight excluding hydrogens is 467 g/mol. The van der Waals surface area contributed by atoms with Crippen molar-refractivity contribution in [2.75, 3.05) is 46.9 Å². The van der Waals surface area contributed by atoms with Gasteiger partial charge < -0.3 is 35.4 Å². The van der Waals surface area contributed by atoms with E-state index in [0.29, 0.717) is 25.2 Å². The second-order valence-corrected chi connectivity index (χ2v) is 9.76. The van der Waals surface area contributed by atoms with Gasteiger partial charge in [0.2, 0.25) is 0 Å². The van der Waals surface area contributed by atoms with Crippen molar-refractivity contribution in [2.45, 2.75) is 56.8 Å². The Kier molecular flexibility index (Phi) is 11.2. The van der Waals surface area contributed by atoms with E-state index >= 15 is 0 Å². The summed E-state index contributed by atoms with van der Waals surface area (Å²) in [5.41, 5.74) is 0.699. The van der Waals surface area contributed by atoms with Crippen LogP contribution in [0.1, 0.15) is 50.2 Å². The van der Waals surface area contributed by atoms with Crippen molar-refractivity contribution in [3.05, 3.63) is 35.6 Å². The maximum atomic E-state index is 14.0. The number of amides is 3. The van der Waals surface area contributed by atoms with Gasteiger partial charge in [-0.1, -0.05) is 25.0 Å². The van der Waals surface area contributed by atoms with Crippen LogP contribution in [0.4, 0.5) is 14.0 Å². The first-order valence-electron chi connectivity index (χ1n) is 13.0. The first kappa shape index (κ1) is 28.1. The number of nitrogens with one attached hydrogen (secondary N) is 3. The van der Waals surface area contributed by atoms with Crippen molar-refractivity contribution in [3.63, 3.8) is 0 Å². The van der Waals surface area contributed by atoms with Gasteiger partial charge in [-0.15, -0.1) is 0 Å². The second-order valence-electron chi connectivity index (χ2n) is 9.76. The number of methoxy groups -OCH3 is 1. The van der Waals surface area contributed by atoms with Gasteiger partial charge in [-0.2, -0.15) is 0 Å². The number of alkyl carbamates (subject to hydrolysis) is 1. The summed E-state index contributed by atoms with van der Waals surface area (Å²) >= 11 is 0. The highest BCUT2D eigenvalue weighted by Crippen LogP contribution is 2.33. The van der Waals surface area contributed by atoms with E-state index in [-0.39, 0.29) is 42.9 Å². The number of carbonyl (C=O) groups excluding carboxylic acids is 2. The lowest BCUT2D eigenvalue weighted by atomic mass is 9.88. The van der Waals surface area contributed by atoms with E-state index in [1.165, 1.54) is 19.2 Å². The number of hydrogen-bond donors (Lipinski definition) is 4. The molecule has 9 nitrogen and oxygen atoms in total. The predicted molar refractivity (Wildman–Crippen MR) is 134 cm³/mol. The number of ether oxygens (including phenoxy) is 2. The number of nitrogens with zero attached hydrogens (tertiary/aromatic N) is 1. The predicted octanol–water partition coefficient (Wildman–Crippen LogP) is 2.80. The zero-order chi connectivity index (χ0) is 25.9. The highest BCUT2D eigenvalue weighted by atomic mass is 19.1. The Morgan fingerprint density at radius 2 is 1.94 bits per heavy atom. The Hall–Kier alpha value is -2.43. The molecule has 1 aliphatic carbocycles. The molecule has 36 heavy (non-hydrogen) atoms. The second kappa shape index (κ2) is 14.3. The molecule has 0 unspecified atom stereocenters. The maximum absolute atomic E-state index is 14.0. The molecule has 4 N–H and O–H groups in total. The molecule has 0 radical (unpaired) electrons. The molecule has 3 amide bonds. The monoisotopic (exact) mass is 508 g/mol. The minimum Gasteiger partial charge on any atom is -0.453 e. The van der Waals surface area contributed by atoms with Crippen LogP contribution in [-0.2, 0) is 9.47 Å². The van der Waals surface area contributed by atoms with Gasteiger partial charge in [0.05, 0.1) is 32.0 Å². The number of carbonyl (C=O) groups is 2. The maximum Gasteiger partial charge on any atom is 0.406 e. The molecule has 3 rings (SSSR count). The van der Waals surface area contributed by atoms with Crippen molar-refractivity contribution >= 4 is 12.1 Å². The summed E-state index contributed by atoms with van der Waals surface area (Å²) in [7, 11) is 3.11.